The van der Waals surface area contributed by atoms with Crippen molar-refractivity contribution in [2.75, 3.05) is 13.7 Å². The zero-order chi connectivity index (χ0) is 31.7. The Hall–Kier alpha value is -4.02. The molecule has 2 heterocycles. The van der Waals surface area contributed by atoms with Crippen molar-refractivity contribution < 1.29 is 18.6 Å². The number of rotatable bonds is 9. The van der Waals surface area contributed by atoms with Gasteiger partial charge in [0.15, 0.2) is 17.3 Å². The summed E-state index contributed by atoms with van der Waals surface area (Å²) in [5.74, 6) is 1.87. The molecule has 0 spiro atoms. The van der Waals surface area contributed by atoms with Crippen LogP contribution >= 0.6 is 50.7 Å². The molecule has 0 radical (unpaired) electrons. The Bertz CT molecular complexity index is 2160. The summed E-state index contributed by atoms with van der Waals surface area (Å²) >= 11 is 22.7. The van der Waals surface area contributed by atoms with Gasteiger partial charge in [-0.2, -0.15) is 9.78 Å². The first-order valence-corrected chi connectivity index (χ1v) is 15.6. The van der Waals surface area contributed by atoms with Crippen molar-refractivity contribution in [2.45, 2.75) is 13.5 Å². The summed E-state index contributed by atoms with van der Waals surface area (Å²) in [6, 6.07) is 21.1. The Labute approximate surface area is 280 Å². The second-order valence-electron chi connectivity index (χ2n) is 9.68. The molecule has 0 saturated carbocycles. The molecule has 0 bridgehead atoms. The molecule has 0 atom stereocenters. The lowest BCUT2D eigenvalue weighted by molar-refractivity contribution is 0.269. The number of fused-ring (bicyclic) bond motifs is 2. The lowest BCUT2D eigenvalue weighted by atomic mass is 10.2. The van der Waals surface area contributed by atoms with E-state index in [1.165, 1.54) is 10.9 Å². The molecular formula is C33H23BrCl3N3O5. The molecule has 0 aliphatic heterocycles. The summed E-state index contributed by atoms with van der Waals surface area (Å²) in [4.78, 5) is 18.5. The highest BCUT2D eigenvalue weighted by Gasteiger charge is 2.20. The monoisotopic (exact) mass is 725 g/mol. The van der Waals surface area contributed by atoms with Crippen molar-refractivity contribution >= 4 is 78.8 Å². The molecule has 0 aliphatic carbocycles. The van der Waals surface area contributed by atoms with Crippen LogP contribution in [0.15, 0.2) is 91.6 Å². The van der Waals surface area contributed by atoms with E-state index in [-0.39, 0.29) is 23.0 Å². The molecular weight excluding hydrogens is 705 g/mol. The lowest BCUT2D eigenvalue weighted by Gasteiger charge is -2.16. The van der Waals surface area contributed by atoms with Gasteiger partial charge in [0.25, 0.3) is 5.56 Å². The Morgan fingerprint density at radius 1 is 0.978 bits per heavy atom. The standard InChI is InChI=1S/C33H23BrCl3N3O5/c1-3-43-27-13-19(29(34)30(37)31(27)44-17-18-11-12-20(35)14-23(18)36)16-38-40-32(39-24-8-5-4-7-21(24)33(40)41)28-15-22-25(42-2)9-6-10-26(22)45-28/h4-16H,3,17H2,1-2H3. The predicted octanol–water partition coefficient (Wildman–Crippen LogP) is 9.40. The predicted molar refractivity (Wildman–Crippen MR) is 182 cm³/mol. The largest absolute Gasteiger partial charge is 0.496 e. The second kappa shape index (κ2) is 13.1. The molecule has 6 rings (SSSR count). The number of hydrogen-bond acceptors (Lipinski definition) is 7. The van der Waals surface area contributed by atoms with Crippen LogP contribution < -0.4 is 19.8 Å². The number of ether oxygens (including phenoxy) is 3. The Morgan fingerprint density at radius 2 is 1.80 bits per heavy atom. The first-order valence-electron chi connectivity index (χ1n) is 13.6. The number of halogens is 4. The minimum atomic E-state index is -0.383. The highest BCUT2D eigenvalue weighted by molar-refractivity contribution is 9.10. The first-order chi connectivity index (χ1) is 21.8. The van der Waals surface area contributed by atoms with E-state index in [0.717, 1.165) is 10.9 Å². The summed E-state index contributed by atoms with van der Waals surface area (Å²) in [6.07, 6.45) is 1.49. The third kappa shape index (κ3) is 6.13. The molecule has 0 unspecified atom stereocenters. The van der Waals surface area contributed by atoms with E-state index in [9.17, 15) is 4.79 Å². The Morgan fingerprint density at radius 3 is 2.58 bits per heavy atom. The van der Waals surface area contributed by atoms with Crippen LogP contribution in [0.1, 0.15) is 18.1 Å². The van der Waals surface area contributed by atoms with Gasteiger partial charge in [0.2, 0.25) is 5.82 Å². The average molecular weight is 728 g/mol. The highest BCUT2D eigenvalue weighted by atomic mass is 79.9. The van der Waals surface area contributed by atoms with Gasteiger partial charge in [0.05, 0.1) is 36.2 Å². The number of para-hydroxylation sites is 1. The van der Waals surface area contributed by atoms with E-state index in [2.05, 4.69) is 21.0 Å². The zero-order valence-corrected chi connectivity index (χ0v) is 27.7. The molecule has 8 nitrogen and oxygen atoms in total. The topological polar surface area (TPSA) is 88.1 Å². The molecule has 2 aromatic heterocycles. The van der Waals surface area contributed by atoms with Gasteiger partial charge in [-0.25, -0.2) is 4.98 Å². The van der Waals surface area contributed by atoms with Gasteiger partial charge < -0.3 is 18.6 Å². The van der Waals surface area contributed by atoms with E-state index in [0.29, 0.717) is 66.2 Å². The third-order valence-corrected chi connectivity index (χ3v) is 8.90. The molecule has 4 aromatic carbocycles. The summed E-state index contributed by atoms with van der Waals surface area (Å²) in [5, 5.41) is 6.94. The second-order valence-corrected chi connectivity index (χ2v) is 11.7. The summed E-state index contributed by atoms with van der Waals surface area (Å²) in [7, 11) is 1.58. The molecule has 0 aliphatic rings. The van der Waals surface area contributed by atoms with Crippen LogP contribution in [0.25, 0.3) is 33.5 Å². The quantitative estimate of drug-likeness (QED) is 0.138. The van der Waals surface area contributed by atoms with Crippen LogP contribution in [0.2, 0.25) is 15.1 Å². The van der Waals surface area contributed by atoms with Crippen LogP contribution in [-0.4, -0.2) is 29.6 Å². The number of methoxy groups -OCH3 is 1. The van der Waals surface area contributed by atoms with Gasteiger partial charge in [-0.15, -0.1) is 0 Å². The Balaban J connectivity index is 1.44. The van der Waals surface area contributed by atoms with Gasteiger partial charge in [-0.1, -0.05) is 59.1 Å². The van der Waals surface area contributed by atoms with Crippen LogP contribution in [0, 0.1) is 0 Å². The highest BCUT2D eigenvalue weighted by Crippen LogP contribution is 2.43. The van der Waals surface area contributed by atoms with Crippen molar-refractivity contribution in [1.82, 2.24) is 9.66 Å². The summed E-state index contributed by atoms with van der Waals surface area (Å²) < 4.78 is 25.2. The van der Waals surface area contributed by atoms with Crippen molar-refractivity contribution in [3.63, 3.8) is 0 Å². The lowest BCUT2D eigenvalue weighted by Crippen LogP contribution is -2.20. The fourth-order valence-electron chi connectivity index (χ4n) is 4.72. The molecule has 12 heteroatoms. The fraction of sp³-hybridized carbons (Fsp3) is 0.121. The SMILES string of the molecule is CCOc1cc(C=Nn2c(-c3cc4c(OC)cccc4o3)nc3ccccc3c2=O)c(Br)c(Cl)c1OCc1ccc(Cl)cc1Cl. The van der Waals surface area contributed by atoms with E-state index in [1.807, 2.05) is 31.2 Å². The van der Waals surface area contributed by atoms with Gasteiger partial charge in [0, 0.05) is 25.6 Å². The average Bonchev–Trinajstić information content (AvgIpc) is 3.48. The van der Waals surface area contributed by atoms with Gasteiger partial charge >= 0.3 is 0 Å². The number of hydrogen-bond donors (Lipinski definition) is 0. The molecule has 0 N–H and O–H groups in total. The zero-order valence-electron chi connectivity index (χ0n) is 23.8. The number of furan rings is 1. The van der Waals surface area contributed by atoms with Gasteiger partial charge in [0.1, 0.15) is 23.0 Å². The number of benzene rings is 4. The van der Waals surface area contributed by atoms with E-state index >= 15 is 0 Å². The molecule has 0 fully saturated rings. The van der Waals surface area contributed by atoms with Gasteiger partial charge in [-0.3, -0.25) is 4.79 Å². The smallest absolute Gasteiger partial charge is 0.282 e. The number of aromatic nitrogens is 2. The van der Waals surface area contributed by atoms with Gasteiger partial charge in [-0.05, 0) is 71.4 Å². The summed E-state index contributed by atoms with van der Waals surface area (Å²) in [5.41, 5.74) is 1.94. The van der Waals surface area contributed by atoms with Crippen LogP contribution in [0.5, 0.6) is 17.2 Å². The normalized spacial score (nSPS) is 11.5. The molecule has 6 aromatic rings. The minimum Gasteiger partial charge on any atom is -0.496 e. The maximum Gasteiger partial charge on any atom is 0.282 e. The maximum absolute atomic E-state index is 13.8. The fourth-order valence-corrected chi connectivity index (χ4v) is 5.83. The van der Waals surface area contributed by atoms with Crippen LogP contribution in [0.4, 0.5) is 0 Å². The third-order valence-electron chi connectivity index (χ3n) is 6.87. The molecule has 45 heavy (non-hydrogen) atoms. The molecule has 228 valence electrons. The number of nitrogens with zero attached hydrogens (tertiary/aromatic N) is 3. The first kappa shape index (κ1) is 31.0. The van der Waals surface area contributed by atoms with Crippen LogP contribution in [-0.2, 0) is 6.61 Å². The molecule has 0 saturated heterocycles. The maximum atomic E-state index is 13.8. The van der Waals surface area contributed by atoms with Crippen molar-refractivity contribution in [2.24, 2.45) is 5.10 Å². The van der Waals surface area contributed by atoms with Crippen LogP contribution in [0.3, 0.4) is 0 Å². The molecule has 0 amide bonds. The van der Waals surface area contributed by atoms with E-state index in [1.54, 1.807) is 55.6 Å². The summed E-state index contributed by atoms with van der Waals surface area (Å²) in [6.45, 7) is 2.32. The Kier molecular flexibility index (Phi) is 9.05. The van der Waals surface area contributed by atoms with Crippen molar-refractivity contribution in [1.29, 1.82) is 0 Å². The van der Waals surface area contributed by atoms with E-state index < -0.39 is 0 Å². The van der Waals surface area contributed by atoms with Crippen molar-refractivity contribution in [3.8, 4) is 28.8 Å². The van der Waals surface area contributed by atoms with Crippen molar-refractivity contribution in [3.05, 3.63) is 114 Å². The van der Waals surface area contributed by atoms with E-state index in [4.69, 9.17) is 58.4 Å². The minimum absolute atomic E-state index is 0.124.